The first-order valence-electron chi connectivity index (χ1n) is 6.02. The summed E-state index contributed by atoms with van der Waals surface area (Å²) in [5.41, 5.74) is 3.40. The molecule has 100 valence electrons. The fourth-order valence-electron chi connectivity index (χ4n) is 2.19. The van der Waals surface area contributed by atoms with Gasteiger partial charge in [0.2, 0.25) is 0 Å². The summed E-state index contributed by atoms with van der Waals surface area (Å²) in [7, 11) is 0. The Morgan fingerprint density at radius 2 is 2.10 bits per heavy atom. The SMILES string of the molecule is Cc1c(Cl)cccc1-n1cnc2cc(C(=O)[O-])ccc21. The summed E-state index contributed by atoms with van der Waals surface area (Å²) in [6.45, 7) is 1.93. The number of carbonyl (C=O) groups is 1. The molecule has 0 amide bonds. The maximum Gasteiger partial charge on any atom is 0.100 e. The van der Waals surface area contributed by atoms with Gasteiger partial charge in [0.15, 0.2) is 0 Å². The van der Waals surface area contributed by atoms with Crippen LogP contribution in [0.5, 0.6) is 0 Å². The van der Waals surface area contributed by atoms with Gasteiger partial charge >= 0.3 is 0 Å². The van der Waals surface area contributed by atoms with Gasteiger partial charge in [0.05, 0.1) is 22.7 Å². The number of carboxylic acid groups (broad SMARTS) is 1. The number of halogens is 1. The molecule has 0 N–H and O–H groups in total. The van der Waals surface area contributed by atoms with Crippen LogP contribution in [0.2, 0.25) is 5.02 Å². The Hall–Kier alpha value is -2.33. The van der Waals surface area contributed by atoms with Crippen molar-refractivity contribution in [2.45, 2.75) is 6.92 Å². The Morgan fingerprint density at radius 1 is 1.30 bits per heavy atom. The van der Waals surface area contributed by atoms with E-state index in [9.17, 15) is 9.90 Å². The molecular weight excluding hydrogens is 276 g/mol. The first-order valence-corrected chi connectivity index (χ1v) is 6.39. The van der Waals surface area contributed by atoms with E-state index in [1.807, 2.05) is 29.7 Å². The van der Waals surface area contributed by atoms with Gasteiger partial charge in [-0.3, -0.25) is 4.57 Å². The number of fused-ring (bicyclic) bond motifs is 1. The number of carbonyl (C=O) groups excluding carboxylic acids is 1. The molecule has 5 heteroatoms. The highest BCUT2D eigenvalue weighted by molar-refractivity contribution is 6.31. The maximum absolute atomic E-state index is 10.9. The predicted octanol–water partition coefficient (Wildman–Crippen LogP) is 2.35. The van der Waals surface area contributed by atoms with Gasteiger partial charge in [-0.25, -0.2) is 4.98 Å². The highest BCUT2D eigenvalue weighted by Gasteiger charge is 2.09. The number of nitrogens with zero attached hydrogens (tertiary/aromatic N) is 2. The van der Waals surface area contributed by atoms with Crippen molar-refractivity contribution in [2.75, 3.05) is 0 Å². The van der Waals surface area contributed by atoms with Gasteiger partial charge in [0, 0.05) is 5.02 Å². The molecule has 0 atom stereocenters. The molecule has 1 heterocycles. The standard InChI is InChI=1S/C15H11ClN2O2/c1-9-11(16)3-2-4-13(9)18-8-17-12-7-10(15(19)20)5-6-14(12)18/h2-8H,1H3,(H,19,20)/p-1. The molecule has 3 aromatic rings. The van der Waals surface area contributed by atoms with Crippen LogP contribution < -0.4 is 5.11 Å². The van der Waals surface area contributed by atoms with E-state index in [1.165, 1.54) is 12.1 Å². The van der Waals surface area contributed by atoms with Gasteiger partial charge in [0.1, 0.15) is 6.33 Å². The minimum atomic E-state index is -1.21. The summed E-state index contributed by atoms with van der Waals surface area (Å²) in [5, 5.41) is 11.5. The zero-order chi connectivity index (χ0) is 14.3. The summed E-state index contributed by atoms with van der Waals surface area (Å²) in [4.78, 5) is 15.1. The van der Waals surface area contributed by atoms with E-state index in [-0.39, 0.29) is 5.56 Å². The monoisotopic (exact) mass is 285 g/mol. The smallest absolute Gasteiger partial charge is 0.100 e. The Balaban J connectivity index is 2.23. The first-order chi connectivity index (χ1) is 9.58. The molecule has 0 saturated heterocycles. The summed E-state index contributed by atoms with van der Waals surface area (Å²) >= 11 is 6.13. The Bertz CT molecular complexity index is 824. The largest absolute Gasteiger partial charge is 0.545 e. The second kappa shape index (κ2) is 4.65. The minimum absolute atomic E-state index is 0.116. The number of carboxylic acids is 1. The van der Waals surface area contributed by atoms with Crippen LogP contribution in [-0.2, 0) is 0 Å². The van der Waals surface area contributed by atoms with Crippen LogP contribution in [0.25, 0.3) is 16.7 Å². The van der Waals surface area contributed by atoms with Crippen molar-refractivity contribution in [2.24, 2.45) is 0 Å². The van der Waals surface area contributed by atoms with Gasteiger partial charge in [0.25, 0.3) is 0 Å². The molecule has 2 aromatic carbocycles. The third-order valence-electron chi connectivity index (χ3n) is 3.28. The lowest BCUT2D eigenvalue weighted by Gasteiger charge is -2.09. The third kappa shape index (κ3) is 1.94. The predicted molar refractivity (Wildman–Crippen MR) is 75.1 cm³/mol. The van der Waals surface area contributed by atoms with E-state index in [4.69, 9.17) is 11.6 Å². The maximum atomic E-state index is 10.9. The fourth-order valence-corrected chi connectivity index (χ4v) is 2.36. The fraction of sp³-hybridized carbons (Fsp3) is 0.0667. The van der Waals surface area contributed by atoms with Gasteiger partial charge in [-0.15, -0.1) is 0 Å². The van der Waals surface area contributed by atoms with Crippen molar-refractivity contribution < 1.29 is 9.90 Å². The molecule has 0 unspecified atom stereocenters. The van der Waals surface area contributed by atoms with Crippen molar-refractivity contribution in [1.29, 1.82) is 0 Å². The topological polar surface area (TPSA) is 58.0 Å². The number of hydrogen-bond donors (Lipinski definition) is 0. The Labute approximate surface area is 120 Å². The van der Waals surface area contributed by atoms with Gasteiger partial charge in [-0.1, -0.05) is 23.7 Å². The molecule has 0 aliphatic rings. The summed E-state index contributed by atoms with van der Waals surface area (Å²) in [6.07, 6.45) is 1.66. The Morgan fingerprint density at radius 3 is 2.85 bits per heavy atom. The zero-order valence-corrected chi connectivity index (χ0v) is 11.4. The van der Waals surface area contributed by atoms with E-state index in [0.717, 1.165) is 16.8 Å². The van der Waals surface area contributed by atoms with E-state index in [2.05, 4.69) is 4.98 Å². The molecule has 4 nitrogen and oxygen atoms in total. The van der Waals surface area contributed by atoms with Gasteiger partial charge in [-0.05, 0) is 42.3 Å². The van der Waals surface area contributed by atoms with Crippen molar-refractivity contribution in [1.82, 2.24) is 9.55 Å². The average molecular weight is 286 g/mol. The normalized spacial score (nSPS) is 10.9. The number of imidazole rings is 1. The van der Waals surface area contributed by atoms with Crippen LogP contribution in [0, 0.1) is 6.92 Å². The molecular formula is C15H10ClN2O2-. The number of aromatic carboxylic acids is 1. The van der Waals surface area contributed by atoms with E-state index >= 15 is 0 Å². The van der Waals surface area contributed by atoms with Gasteiger partial charge < -0.3 is 9.90 Å². The summed E-state index contributed by atoms with van der Waals surface area (Å²) in [6, 6.07) is 10.4. The van der Waals surface area contributed by atoms with E-state index < -0.39 is 5.97 Å². The lowest BCUT2D eigenvalue weighted by atomic mass is 10.1. The molecule has 1 aromatic heterocycles. The molecule has 3 rings (SSSR count). The van der Waals surface area contributed by atoms with E-state index in [0.29, 0.717) is 10.5 Å². The summed E-state index contributed by atoms with van der Waals surface area (Å²) < 4.78 is 1.88. The lowest BCUT2D eigenvalue weighted by Crippen LogP contribution is -2.21. The number of aromatic nitrogens is 2. The molecule has 0 bridgehead atoms. The quantitative estimate of drug-likeness (QED) is 0.726. The number of benzene rings is 2. The van der Waals surface area contributed by atoms with Gasteiger partial charge in [-0.2, -0.15) is 0 Å². The highest BCUT2D eigenvalue weighted by Crippen LogP contribution is 2.25. The molecule has 0 fully saturated rings. The summed E-state index contributed by atoms with van der Waals surface area (Å²) in [5.74, 6) is -1.21. The van der Waals surface area contributed by atoms with Crippen LogP contribution in [0.15, 0.2) is 42.7 Å². The highest BCUT2D eigenvalue weighted by atomic mass is 35.5. The third-order valence-corrected chi connectivity index (χ3v) is 3.69. The molecule has 0 saturated carbocycles. The molecule has 0 aliphatic heterocycles. The Kier molecular flexibility index (Phi) is 2.95. The zero-order valence-electron chi connectivity index (χ0n) is 10.6. The molecule has 0 spiro atoms. The second-order valence-electron chi connectivity index (χ2n) is 4.49. The number of hydrogen-bond acceptors (Lipinski definition) is 3. The average Bonchev–Trinajstić information content (AvgIpc) is 2.84. The van der Waals surface area contributed by atoms with Crippen LogP contribution >= 0.6 is 11.6 Å². The lowest BCUT2D eigenvalue weighted by molar-refractivity contribution is -0.255. The van der Waals surface area contributed by atoms with Crippen molar-refractivity contribution in [3.05, 3.63) is 58.9 Å². The van der Waals surface area contributed by atoms with Crippen molar-refractivity contribution in [3.8, 4) is 5.69 Å². The van der Waals surface area contributed by atoms with Crippen molar-refractivity contribution >= 4 is 28.6 Å². The van der Waals surface area contributed by atoms with Crippen molar-refractivity contribution in [3.63, 3.8) is 0 Å². The van der Waals surface area contributed by atoms with Crippen LogP contribution in [-0.4, -0.2) is 15.5 Å². The molecule has 0 aliphatic carbocycles. The number of rotatable bonds is 2. The van der Waals surface area contributed by atoms with Crippen LogP contribution in [0.3, 0.4) is 0 Å². The molecule has 0 radical (unpaired) electrons. The second-order valence-corrected chi connectivity index (χ2v) is 4.90. The first kappa shape index (κ1) is 12.7. The molecule has 20 heavy (non-hydrogen) atoms. The van der Waals surface area contributed by atoms with Crippen LogP contribution in [0.1, 0.15) is 15.9 Å². The van der Waals surface area contributed by atoms with E-state index in [1.54, 1.807) is 12.4 Å². The van der Waals surface area contributed by atoms with Crippen LogP contribution in [0.4, 0.5) is 0 Å². The minimum Gasteiger partial charge on any atom is -0.545 e.